The summed E-state index contributed by atoms with van der Waals surface area (Å²) in [6, 6.07) is 11.7. The van der Waals surface area contributed by atoms with E-state index in [1.165, 1.54) is 0 Å². The van der Waals surface area contributed by atoms with Gasteiger partial charge in [-0.3, -0.25) is 9.78 Å². The van der Waals surface area contributed by atoms with Crippen molar-refractivity contribution in [1.82, 2.24) is 20.0 Å². The van der Waals surface area contributed by atoms with Gasteiger partial charge in [-0.15, -0.1) is 0 Å². The van der Waals surface area contributed by atoms with E-state index in [0.717, 1.165) is 30.4 Å². The van der Waals surface area contributed by atoms with Crippen LogP contribution in [0.1, 0.15) is 47.1 Å². The van der Waals surface area contributed by atoms with Crippen LogP contribution in [0.15, 0.2) is 53.3 Å². The van der Waals surface area contributed by atoms with Crippen molar-refractivity contribution in [2.75, 3.05) is 0 Å². The molecule has 2 aromatic heterocycles. The fourth-order valence-electron chi connectivity index (χ4n) is 4.49. The number of hydrogen-bond donors (Lipinski definition) is 0. The van der Waals surface area contributed by atoms with Gasteiger partial charge in [0.05, 0.1) is 5.56 Å². The van der Waals surface area contributed by atoms with E-state index in [2.05, 4.69) is 15.1 Å². The number of amides is 1. The normalized spacial score (nSPS) is 23.7. The van der Waals surface area contributed by atoms with Gasteiger partial charge in [0.2, 0.25) is 11.7 Å². The van der Waals surface area contributed by atoms with E-state index in [-0.39, 0.29) is 18.0 Å². The molecular weight excluding hydrogens is 340 g/mol. The third kappa shape index (κ3) is 2.72. The summed E-state index contributed by atoms with van der Waals surface area (Å²) in [5, 5.41) is 4.19. The molecule has 0 spiro atoms. The fourth-order valence-corrected chi connectivity index (χ4v) is 4.49. The zero-order chi connectivity index (χ0) is 18.4. The lowest BCUT2D eigenvalue weighted by Crippen LogP contribution is -2.40. The van der Waals surface area contributed by atoms with Crippen LogP contribution in [-0.2, 0) is 0 Å². The average Bonchev–Trinajstić information content (AvgIpc) is 3.43. The molecule has 2 fully saturated rings. The van der Waals surface area contributed by atoms with Crippen LogP contribution in [0, 0.1) is 12.8 Å². The maximum Gasteiger partial charge on any atom is 0.256 e. The molecule has 1 saturated heterocycles. The number of nitrogens with zero attached hydrogens (tertiary/aromatic N) is 4. The fraction of sp³-hybridized carbons (Fsp3) is 0.333. The predicted octanol–water partition coefficient (Wildman–Crippen LogP) is 3.81. The van der Waals surface area contributed by atoms with Crippen LogP contribution in [-0.4, -0.2) is 32.0 Å². The van der Waals surface area contributed by atoms with Gasteiger partial charge in [0.15, 0.2) is 0 Å². The summed E-state index contributed by atoms with van der Waals surface area (Å²) in [6.45, 7) is 2.04. The second-order valence-electron chi connectivity index (χ2n) is 7.45. The van der Waals surface area contributed by atoms with E-state index in [1.54, 1.807) is 18.5 Å². The van der Waals surface area contributed by atoms with Crippen LogP contribution >= 0.6 is 0 Å². The number of fused-ring (bicyclic) bond motifs is 2. The molecule has 6 heteroatoms. The highest BCUT2D eigenvalue weighted by Gasteiger charge is 2.51. The number of hydrogen-bond acceptors (Lipinski definition) is 5. The highest BCUT2D eigenvalue weighted by atomic mass is 16.5. The standard InChI is InChI=1S/C21H20N4O2/c1-13-4-2-5-15(10-13)19-23-20(27-24-19)18-14-7-8-17(11-14)25(18)21(26)16-6-3-9-22-12-16/h2-6,9-10,12,14,17-18H,7-8,11H2,1H3/t14-,17-,18-/m0/s1. The van der Waals surface area contributed by atoms with Crippen molar-refractivity contribution in [1.29, 1.82) is 0 Å². The Labute approximate surface area is 157 Å². The zero-order valence-electron chi connectivity index (χ0n) is 15.1. The minimum Gasteiger partial charge on any atom is -0.337 e. The Hall–Kier alpha value is -3.02. The van der Waals surface area contributed by atoms with Crippen LogP contribution in [0.5, 0.6) is 0 Å². The predicted molar refractivity (Wildman–Crippen MR) is 98.7 cm³/mol. The molecule has 1 aliphatic heterocycles. The lowest BCUT2D eigenvalue weighted by molar-refractivity contribution is 0.0538. The van der Waals surface area contributed by atoms with Gasteiger partial charge < -0.3 is 9.42 Å². The highest BCUT2D eigenvalue weighted by molar-refractivity contribution is 5.94. The van der Waals surface area contributed by atoms with Crippen LogP contribution in [0.25, 0.3) is 11.4 Å². The average molecular weight is 360 g/mol. The molecule has 3 heterocycles. The largest absolute Gasteiger partial charge is 0.337 e. The number of aromatic nitrogens is 3. The van der Waals surface area contributed by atoms with Crippen LogP contribution < -0.4 is 0 Å². The van der Waals surface area contributed by atoms with E-state index in [1.807, 2.05) is 42.2 Å². The number of aryl methyl sites for hydroxylation is 1. The summed E-state index contributed by atoms with van der Waals surface area (Å²) >= 11 is 0. The second-order valence-corrected chi connectivity index (χ2v) is 7.45. The first kappa shape index (κ1) is 16.2. The van der Waals surface area contributed by atoms with E-state index in [9.17, 15) is 4.79 Å². The molecule has 5 rings (SSSR count). The quantitative estimate of drug-likeness (QED) is 0.710. The van der Waals surface area contributed by atoms with Gasteiger partial charge in [0.1, 0.15) is 6.04 Å². The molecule has 1 aromatic carbocycles. The Morgan fingerprint density at radius 2 is 2.15 bits per heavy atom. The van der Waals surface area contributed by atoms with Crippen molar-refractivity contribution in [3.8, 4) is 11.4 Å². The summed E-state index contributed by atoms with van der Waals surface area (Å²) in [5.41, 5.74) is 2.68. The lowest BCUT2D eigenvalue weighted by Gasteiger charge is -2.33. The number of rotatable bonds is 3. The number of likely N-dealkylation sites (tertiary alicyclic amines) is 1. The highest BCUT2D eigenvalue weighted by Crippen LogP contribution is 2.50. The third-order valence-electron chi connectivity index (χ3n) is 5.70. The van der Waals surface area contributed by atoms with Gasteiger partial charge in [0, 0.05) is 24.0 Å². The molecule has 3 atom stereocenters. The Morgan fingerprint density at radius 1 is 1.22 bits per heavy atom. The molecule has 1 saturated carbocycles. The summed E-state index contributed by atoms with van der Waals surface area (Å²) in [4.78, 5) is 23.8. The van der Waals surface area contributed by atoms with Gasteiger partial charge in [-0.05, 0) is 50.3 Å². The Balaban J connectivity index is 1.49. The van der Waals surface area contributed by atoms with E-state index in [0.29, 0.717) is 23.2 Å². The minimum absolute atomic E-state index is 0.00407. The lowest BCUT2D eigenvalue weighted by atomic mass is 9.98. The molecule has 3 aromatic rings. The summed E-state index contributed by atoms with van der Waals surface area (Å²) in [6.07, 6.45) is 6.42. The van der Waals surface area contributed by atoms with Crippen molar-refractivity contribution in [2.24, 2.45) is 5.92 Å². The Bertz CT molecular complexity index is 985. The van der Waals surface area contributed by atoms with Crippen molar-refractivity contribution in [2.45, 2.75) is 38.3 Å². The van der Waals surface area contributed by atoms with Gasteiger partial charge in [-0.2, -0.15) is 4.98 Å². The number of pyridine rings is 1. The molecule has 27 heavy (non-hydrogen) atoms. The monoisotopic (exact) mass is 360 g/mol. The first-order valence-electron chi connectivity index (χ1n) is 9.34. The molecular formula is C21H20N4O2. The topological polar surface area (TPSA) is 72.1 Å². The molecule has 1 aliphatic carbocycles. The maximum atomic E-state index is 13.1. The Morgan fingerprint density at radius 3 is 2.96 bits per heavy atom. The van der Waals surface area contributed by atoms with Crippen LogP contribution in [0.2, 0.25) is 0 Å². The van der Waals surface area contributed by atoms with Crippen LogP contribution in [0.3, 0.4) is 0 Å². The molecule has 0 N–H and O–H groups in total. The maximum absolute atomic E-state index is 13.1. The molecule has 1 amide bonds. The van der Waals surface area contributed by atoms with E-state index >= 15 is 0 Å². The van der Waals surface area contributed by atoms with Gasteiger partial charge in [0.25, 0.3) is 5.91 Å². The second kappa shape index (κ2) is 6.30. The van der Waals surface area contributed by atoms with Gasteiger partial charge >= 0.3 is 0 Å². The third-order valence-corrected chi connectivity index (χ3v) is 5.70. The number of carbonyl (C=O) groups excluding carboxylic acids is 1. The number of benzene rings is 1. The van der Waals surface area contributed by atoms with Gasteiger partial charge in [-0.1, -0.05) is 28.9 Å². The first-order chi connectivity index (χ1) is 13.2. The minimum atomic E-state index is -0.150. The molecule has 0 unspecified atom stereocenters. The van der Waals surface area contributed by atoms with Crippen molar-refractivity contribution in [3.63, 3.8) is 0 Å². The Kier molecular flexibility index (Phi) is 3.77. The first-order valence-corrected chi connectivity index (χ1v) is 9.34. The molecule has 136 valence electrons. The van der Waals surface area contributed by atoms with Gasteiger partial charge in [-0.25, -0.2) is 0 Å². The summed E-state index contributed by atoms with van der Waals surface area (Å²) in [7, 11) is 0. The molecule has 2 aliphatic rings. The summed E-state index contributed by atoms with van der Waals surface area (Å²) < 4.78 is 5.64. The zero-order valence-corrected chi connectivity index (χ0v) is 15.1. The van der Waals surface area contributed by atoms with Crippen molar-refractivity contribution in [3.05, 3.63) is 65.8 Å². The van der Waals surface area contributed by atoms with E-state index in [4.69, 9.17) is 4.52 Å². The van der Waals surface area contributed by atoms with E-state index < -0.39 is 0 Å². The molecule has 6 nitrogen and oxygen atoms in total. The van der Waals surface area contributed by atoms with Crippen molar-refractivity contribution < 1.29 is 9.32 Å². The molecule has 2 bridgehead atoms. The SMILES string of the molecule is Cc1cccc(-c2noc([C@@H]3[C@H]4CC[C@@H](C4)N3C(=O)c3cccnc3)n2)c1. The molecule has 0 radical (unpaired) electrons. The smallest absolute Gasteiger partial charge is 0.256 e. The number of carbonyl (C=O) groups is 1. The number of piperidine rings is 1. The van der Waals surface area contributed by atoms with Crippen molar-refractivity contribution >= 4 is 5.91 Å². The summed E-state index contributed by atoms with van der Waals surface area (Å²) in [5.74, 6) is 1.48. The van der Waals surface area contributed by atoms with Crippen LogP contribution in [0.4, 0.5) is 0 Å².